The van der Waals surface area contributed by atoms with Crippen molar-refractivity contribution < 1.29 is 0 Å². The second kappa shape index (κ2) is 3.80. The standard InChI is InChI=1S/C7H7ClS/c8-6-9-7-4-2-1-3-5-7/h1-5H,6H2/i6+1. The number of halogens is 1. The lowest BCUT2D eigenvalue weighted by Gasteiger charge is -1.92. The molecule has 9 heavy (non-hydrogen) atoms. The van der Waals surface area contributed by atoms with E-state index in [2.05, 4.69) is 0 Å². The van der Waals surface area contributed by atoms with Crippen LogP contribution in [-0.4, -0.2) is 5.21 Å². The van der Waals surface area contributed by atoms with Gasteiger partial charge in [-0.15, -0.1) is 23.4 Å². The summed E-state index contributed by atoms with van der Waals surface area (Å²) in [6.45, 7) is 0. The van der Waals surface area contributed by atoms with Crippen LogP contribution in [0.5, 0.6) is 0 Å². The molecule has 0 saturated heterocycles. The van der Waals surface area contributed by atoms with Gasteiger partial charge >= 0.3 is 0 Å². The van der Waals surface area contributed by atoms with Gasteiger partial charge in [-0.1, -0.05) is 18.2 Å². The molecule has 0 N–H and O–H groups in total. The lowest BCUT2D eigenvalue weighted by atomic mass is 10.4. The Morgan fingerprint density at radius 2 is 1.89 bits per heavy atom. The third-order valence-corrected chi connectivity index (χ3v) is 2.01. The van der Waals surface area contributed by atoms with Gasteiger partial charge in [0, 0.05) is 4.90 Å². The molecule has 0 spiro atoms. The summed E-state index contributed by atoms with van der Waals surface area (Å²) < 4.78 is 0. The van der Waals surface area contributed by atoms with Gasteiger partial charge in [0.05, 0.1) is 5.21 Å². The highest BCUT2D eigenvalue weighted by Gasteiger charge is 1.85. The molecule has 0 bridgehead atoms. The highest BCUT2D eigenvalue weighted by Crippen LogP contribution is 2.17. The minimum atomic E-state index is 0.629. The quantitative estimate of drug-likeness (QED) is 0.363. The Morgan fingerprint density at radius 3 is 2.44 bits per heavy atom. The van der Waals surface area contributed by atoms with Crippen LogP contribution < -0.4 is 0 Å². The summed E-state index contributed by atoms with van der Waals surface area (Å²) in [6, 6.07) is 10.1. The first-order valence-corrected chi connectivity index (χ1v) is 4.19. The summed E-state index contributed by atoms with van der Waals surface area (Å²) in [5.41, 5.74) is 0. The van der Waals surface area contributed by atoms with Gasteiger partial charge in [0.2, 0.25) is 0 Å². The van der Waals surface area contributed by atoms with Gasteiger partial charge in [0.1, 0.15) is 0 Å². The molecule has 2 heteroatoms. The molecule has 0 aliphatic rings. The summed E-state index contributed by atoms with van der Waals surface area (Å²) in [5.74, 6) is 0. The topological polar surface area (TPSA) is 0 Å². The SMILES string of the molecule is Cl[13CH2]Sc1ccccc1. The third kappa shape index (κ3) is 2.29. The van der Waals surface area contributed by atoms with Crippen LogP contribution in [0.25, 0.3) is 0 Å². The number of rotatable bonds is 2. The summed E-state index contributed by atoms with van der Waals surface area (Å²) in [5, 5.41) is 0.629. The summed E-state index contributed by atoms with van der Waals surface area (Å²) in [7, 11) is 0. The maximum Gasteiger partial charge on any atom is 0.0727 e. The number of alkyl halides is 1. The zero-order chi connectivity index (χ0) is 6.53. The molecule has 0 unspecified atom stereocenters. The Balaban J connectivity index is 2.61. The van der Waals surface area contributed by atoms with Crippen LogP contribution in [0, 0.1) is 0 Å². The molecule has 0 heterocycles. The van der Waals surface area contributed by atoms with Gasteiger partial charge in [0.15, 0.2) is 0 Å². The first-order valence-electron chi connectivity index (χ1n) is 2.67. The highest BCUT2D eigenvalue weighted by molar-refractivity contribution is 8.00. The maximum absolute atomic E-state index is 5.50. The van der Waals surface area contributed by atoms with E-state index in [4.69, 9.17) is 11.6 Å². The van der Waals surface area contributed by atoms with Crippen LogP contribution >= 0.6 is 23.4 Å². The highest BCUT2D eigenvalue weighted by atomic mass is 35.5. The zero-order valence-corrected chi connectivity index (χ0v) is 6.45. The second-order valence-electron chi connectivity index (χ2n) is 1.57. The molecular formula is C7H7ClS. The minimum absolute atomic E-state index is 0.629. The molecule has 0 nitrogen and oxygen atoms in total. The zero-order valence-electron chi connectivity index (χ0n) is 4.88. The molecule has 1 aromatic carbocycles. The maximum atomic E-state index is 5.50. The van der Waals surface area contributed by atoms with Crippen LogP contribution in [-0.2, 0) is 0 Å². The van der Waals surface area contributed by atoms with Gasteiger partial charge in [-0.2, -0.15) is 0 Å². The molecule has 0 saturated carbocycles. The number of thioether (sulfide) groups is 1. The Bertz CT molecular complexity index is 162. The molecule has 1 aromatic rings. The van der Waals surface area contributed by atoms with Gasteiger partial charge in [-0.25, -0.2) is 0 Å². The Morgan fingerprint density at radius 1 is 1.22 bits per heavy atom. The Hall–Kier alpha value is -0.140. The van der Waals surface area contributed by atoms with Gasteiger partial charge in [0.25, 0.3) is 0 Å². The van der Waals surface area contributed by atoms with E-state index in [-0.39, 0.29) is 0 Å². The molecular weight excluding hydrogens is 153 g/mol. The summed E-state index contributed by atoms with van der Waals surface area (Å²) >= 11 is 7.14. The van der Waals surface area contributed by atoms with Gasteiger partial charge in [-0.05, 0) is 12.1 Å². The first kappa shape index (κ1) is 6.97. The summed E-state index contributed by atoms with van der Waals surface area (Å²) in [4.78, 5) is 1.23. The smallest absolute Gasteiger partial charge is 0.0727 e. The lowest BCUT2D eigenvalue weighted by molar-refractivity contribution is 1.47. The van der Waals surface area contributed by atoms with Gasteiger partial charge < -0.3 is 0 Å². The minimum Gasteiger partial charge on any atom is -0.114 e. The number of hydrogen-bond donors (Lipinski definition) is 0. The number of hydrogen-bond acceptors (Lipinski definition) is 1. The molecule has 0 fully saturated rings. The average Bonchev–Trinajstić information content (AvgIpc) is 1.91. The fraction of sp³-hybridized carbons (Fsp3) is 0.143. The van der Waals surface area contributed by atoms with Gasteiger partial charge in [-0.3, -0.25) is 0 Å². The molecule has 0 atom stereocenters. The second-order valence-corrected chi connectivity index (χ2v) is 3.20. The lowest BCUT2D eigenvalue weighted by Crippen LogP contribution is -1.66. The fourth-order valence-corrected chi connectivity index (χ4v) is 1.43. The molecule has 0 amide bonds. The van der Waals surface area contributed by atoms with Crippen molar-refractivity contribution in [2.75, 3.05) is 5.21 Å². The van der Waals surface area contributed by atoms with Crippen molar-refractivity contribution in [3.05, 3.63) is 30.3 Å². The predicted molar refractivity (Wildman–Crippen MR) is 43.0 cm³/mol. The van der Waals surface area contributed by atoms with E-state index in [1.807, 2.05) is 30.3 Å². The van der Waals surface area contributed by atoms with E-state index in [1.54, 1.807) is 11.8 Å². The van der Waals surface area contributed by atoms with Crippen molar-refractivity contribution >= 4 is 23.4 Å². The largest absolute Gasteiger partial charge is 0.114 e. The van der Waals surface area contributed by atoms with Crippen LogP contribution in [0.4, 0.5) is 0 Å². The molecule has 1 rings (SSSR count). The third-order valence-electron chi connectivity index (χ3n) is 0.964. The van der Waals surface area contributed by atoms with Crippen LogP contribution in [0.15, 0.2) is 35.2 Å². The van der Waals surface area contributed by atoms with Crippen molar-refractivity contribution in [1.82, 2.24) is 0 Å². The van der Waals surface area contributed by atoms with Crippen LogP contribution in [0.3, 0.4) is 0 Å². The van der Waals surface area contributed by atoms with Crippen LogP contribution in [0.2, 0.25) is 0 Å². The van der Waals surface area contributed by atoms with Crippen LogP contribution in [0.1, 0.15) is 0 Å². The van der Waals surface area contributed by atoms with E-state index in [0.717, 1.165) is 0 Å². The molecule has 0 radical (unpaired) electrons. The van der Waals surface area contributed by atoms with E-state index in [1.165, 1.54) is 4.90 Å². The van der Waals surface area contributed by atoms with E-state index >= 15 is 0 Å². The monoisotopic (exact) mass is 159 g/mol. The Kier molecular flexibility index (Phi) is 2.95. The van der Waals surface area contributed by atoms with E-state index in [0.29, 0.717) is 5.21 Å². The molecule has 0 aliphatic heterocycles. The average molecular weight is 160 g/mol. The van der Waals surface area contributed by atoms with E-state index < -0.39 is 0 Å². The van der Waals surface area contributed by atoms with Crippen molar-refractivity contribution in [2.45, 2.75) is 4.90 Å². The molecule has 0 aliphatic carbocycles. The summed E-state index contributed by atoms with van der Waals surface area (Å²) in [6.07, 6.45) is 0. The van der Waals surface area contributed by atoms with Crippen molar-refractivity contribution in [3.63, 3.8) is 0 Å². The van der Waals surface area contributed by atoms with Crippen molar-refractivity contribution in [2.24, 2.45) is 0 Å². The van der Waals surface area contributed by atoms with E-state index in [9.17, 15) is 0 Å². The predicted octanol–water partition coefficient (Wildman–Crippen LogP) is 2.98. The number of benzene rings is 1. The first-order chi connectivity index (χ1) is 4.43. The molecule has 0 aromatic heterocycles. The molecule has 48 valence electrons. The van der Waals surface area contributed by atoms with Crippen molar-refractivity contribution in [3.8, 4) is 0 Å². The fourth-order valence-electron chi connectivity index (χ4n) is 0.580. The normalized spacial score (nSPS) is 9.44. The Labute approximate surface area is 64.2 Å². The van der Waals surface area contributed by atoms with Crippen molar-refractivity contribution in [1.29, 1.82) is 0 Å².